The van der Waals surface area contributed by atoms with E-state index in [1.165, 1.54) is 18.2 Å². The Morgan fingerprint density at radius 2 is 2.17 bits per heavy atom. The quantitative estimate of drug-likeness (QED) is 0.820. The van der Waals surface area contributed by atoms with Crippen LogP contribution in [-0.2, 0) is 9.53 Å². The summed E-state index contributed by atoms with van der Waals surface area (Å²) in [7, 11) is 0. The summed E-state index contributed by atoms with van der Waals surface area (Å²) in [5.41, 5.74) is 3.40. The number of halogens is 1. The Morgan fingerprint density at radius 1 is 1.39 bits per heavy atom. The van der Waals surface area contributed by atoms with Crippen molar-refractivity contribution in [3.8, 4) is 0 Å². The second-order valence-corrected chi connectivity index (χ2v) is 3.96. The van der Waals surface area contributed by atoms with E-state index in [1.807, 2.05) is 5.01 Å². The molecule has 1 aliphatic rings. The number of hydrogen-bond donors (Lipinski definition) is 1. The number of benzene rings is 1. The number of ether oxygens (including phenoxy) is 1. The van der Waals surface area contributed by atoms with Gasteiger partial charge >= 0.3 is 0 Å². The number of nitrogens with one attached hydrogen (secondary N) is 1. The number of hydrazine groups is 1. The van der Waals surface area contributed by atoms with E-state index in [-0.39, 0.29) is 11.7 Å². The standard InChI is InChI=1S/C13H15FN2O2/c14-12-3-1-2-11(10-12)4-5-13(17)15-16-6-8-18-9-7-16/h1-5,10H,6-9H2,(H,15,17)/b5-4+. The van der Waals surface area contributed by atoms with Gasteiger partial charge in [-0.2, -0.15) is 0 Å². The zero-order chi connectivity index (χ0) is 12.8. The summed E-state index contributed by atoms with van der Waals surface area (Å²) in [6.07, 6.45) is 2.98. The predicted molar refractivity (Wildman–Crippen MR) is 66.0 cm³/mol. The maximum Gasteiger partial charge on any atom is 0.258 e. The third-order valence-electron chi connectivity index (χ3n) is 2.56. The van der Waals surface area contributed by atoms with Crippen LogP contribution in [0.1, 0.15) is 5.56 Å². The molecule has 1 heterocycles. The normalized spacial score (nSPS) is 16.9. The molecule has 1 fully saturated rings. The minimum absolute atomic E-state index is 0.221. The van der Waals surface area contributed by atoms with Crippen LogP contribution in [0.4, 0.5) is 4.39 Å². The lowest BCUT2D eigenvalue weighted by atomic mass is 10.2. The van der Waals surface area contributed by atoms with Crippen LogP contribution in [0, 0.1) is 5.82 Å². The van der Waals surface area contributed by atoms with Crippen molar-refractivity contribution in [1.29, 1.82) is 0 Å². The molecule has 0 spiro atoms. The van der Waals surface area contributed by atoms with Gasteiger partial charge in [0.2, 0.25) is 0 Å². The Morgan fingerprint density at radius 3 is 2.89 bits per heavy atom. The molecule has 4 nitrogen and oxygen atoms in total. The number of carbonyl (C=O) groups is 1. The molecule has 0 aliphatic carbocycles. The van der Waals surface area contributed by atoms with Gasteiger partial charge in [-0.05, 0) is 23.8 Å². The van der Waals surface area contributed by atoms with Crippen molar-refractivity contribution in [3.63, 3.8) is 0 Å². The highest BCUT2D eigenvalue weighted by Crippen LogP contribution is 2.05. The summed E-state index contributed by atoms with van der Waals surface area (Å²) in [5.74, 6) is -0.535. The minimum atomic E-state index is -0.314. The second kappa shape index (κ2) is 6.28. The first-order valence-electron chi connectivity index (χ1n) is 5.81. The van der Waals surface area contributed by atoms with Gasteiger partial charge in [0.25, 0.3) is 5.91 Å². The summed E-state index contributed by atoms with van der Waals surface area (Å²) in [6, 6.07) is 6.08. The molecule has 5 heteroatoms. The smallest absolute Gasteiger partial charge is 0.258 e. The third-order valence-corrected chi connectivity index (χ3v) is 2.56. The van der Waals surface area contributed by atoms with Crippen LogP contribution in [0.15, 0.2) is 30.3 Å². The number of rotatable bonds is 3. The monoisotopic (exact) mass is 250 g/mol. The van der Waals surface area contributed by atoms with Crippen molar-refractivity contribution in [2.24, 2.45) is 0 Å². The molecular weight excluding hydrogens is 235 g/mol. The number of carbonyl (C=O) groups excluding carboxylic acids is 1. The van der Waals surface area contributed by atoms with Gasteiger partial charge in [-0.25, -0.2) is 9.40 Å². The van der Waals surface area contributed by atoms with Gasteiger partial charge in [-0.15, -0.1) is 0 Å². The molecule has 1 aliphatic heterocycles. The fraction of sp³-hybridized carbons (Fsp3) is 0.308. The highest BCUT2D eigenvalue weighted by molar-refractivity contribution is 5.91. The van der Waals surface area contributed by atoms with Crippen molar-refractivity contribution in [3.05, 3.63) is 41.7 Å². The zero-order valence-corrected chi connectivity index (χ0v) is 9.93. The molecule has 2 rings (SSSR count). The Hall–Kier alpha value is -1.72. The summed E-state index contributed by atoms with van der Waals surface area (Å²) in [6.45, 7) is 2.60. The first kappa shape index (κ1) is 12.7. The Balaban J connectivity index is 1.86. The lowest BCUT2D eigenvalue weighted by Crippen LogP contribution is -2.47. The van der Waals surface area contributed by atoms with Crippen LogP contribution < -0.4 is 5.43 Å². The first-order chi connectivity index (χ1) is 8.74. The van der Waals surface area contributed by atoms with E-state index in [1.54, 1.807) is 18.2 Å². The Labute approximate surface area is 105 Å². The van der Waals surface area contributed by atoms with Crippen molar-refractivity contribution in [2.75, 3.05) is 26.3 Å². The van der Waals surface area contributed by atoms with Crippen LogP contribution in [0.3, 0.4) is 0 Å². The van der Waals surface area contributed by atoms with Crippen LogP contribution in [-0.4, -0.2) is 37.2 Å². The maximum atomic E-state index is 12.9. The molecule has 0 unspecified atom stereocenters. The molecule has 1 aromatic carbocycles. The zero-order valence-electron chi connectivity index (χ0n) is 9.93. The van der Waals surface area contributed by atoms with Crippen molar-refractivity contribution in [1.82, 2.24) is 10.4 Å². The molecule has 0 radical (unpaired) electrons. The highest BCUT2D eigenvalue weighted by atomic mass is 19.1. The average Bonchev–Trinajstić information content (AvgIpc) is 2.38. The number of amides is 1. The molecule has 0 bridgehead atoms. The summed E-state index contributed by atoms with van der Waals surface area (Å²) >= 11 is 0. The molecule has 1 aromatic rings. The Bertz CT molecular complexity index is 442. The average molecular weight is 250 g/mol. The molecule has 0 aromatic heterocycles. The van der Waals surface area contributed by atoms with Gasteiger partial charge in [0.1, 0.15) is 5.82 Å². The largest absolute Gasteiger partial charge is 0.379 e. The predicted octanol–water partition coefficient (Wildman–Crippen LogP) is 1.20. The molecule has 1 N–H and O–H groups in total. The fourth-order valence-electron chi connectivity index (χ4n) is 1.65. The van der Waals surface area contributed by atoms with Gasteiger partial charge in [-0.3, -0.25) is 10.2 Å². The summed E-state index contributed by atoms with van der Waals surface area (Å²) in [5, 5.41) is 1.81. The SMILES string of the molecule is O=C(/C=C/c1cccc(F)c1)NN1CCOCC1. The van der Waals surface area contributed by atoms with Crippen LogP contribution >= 0.6 is 0 Å². The number of hydrogen-bond acceptors (Lipinski definition) is 3. The topological polar surface area (TPSA) is 41.6 Å². The molecule has 1 saturated heterocycles. The van der Waals surface area contributed by atoms with Crippen molar-refractivity contribution >= 4 is 12.0 Å². The molecule has 18 heavy (non-hydrogen) atoms. The van der Waals surface area contributed by atoms with Gasteiger partial charge in [0.05, 0.1) is 13.2 Å². The molecule has 0 atom stereocenters. The Kier molecular flexibility index (Phi) is 4.44. The maximum absolute atomic E-state index is 12.9. The minimum Gasteiger partial charge on any atom is -0.379 e. The number of nitrogens with zero attached hydrogens (tertiary/aromatic N) is 1. The molecule has 0 saturated carbocycles. The van der Waals surface area contributed by atoms with Gasteiger partial charge < -0.3 is 4.74 Å². The first-order valence-corrected chi connectivity index (χ1v) is 5.81. The van der Waals surface area contributed by atoms with Gasteiger partial charge in [0.15, 0.2) is 0 Å². The van der Waals surface area contributed by atoms with E-state index in [0.29, 0.717) is 31.9 Å². The van der Waals surface area contributed by atoms with Gasteiger partial charge in [-0.1, -0.05) is 12.1 Å². The fourth-order valence-corrected chi connectivity index (χ4v) is 1.65. The van der Waals surface area contributed by atoms with Crippen LogP contribution in [0.5, 0.6) is 0 Å². The van der Waals surface area contributed by atoms with E-state index in [2.05, 4.69) is 5.43 Å². The van der Waals surface area contributed by atoms with E-state index < -0.39 is 0 Å². The van der Waals surface area contributed by atoms with Crippen molar-refractivity contribution < 1.29 is 13.9 Å². The van der Waals surface area contributed by atoms with E-state index in [9.17, 15) is 9.18 Å². The molecule has 96 valence electrons. The van der Waals surface area contributed by atoms with Gasteiger partial charge in [0, 0.05) is 19.2 Å². The highest BCUT2D eigenvalue weighted by Gasteiger charge is 2.10. The second-order valence-electron chi connectivity index (χ2n) is 3.96. The number of morpholine rings is 1. The molecular formula is C13H15FN2O2. The lowest BCUT2D eigenvalue weighted by Gasteiger charge is -2.26. The third kappa shape index (κ3) is 3.94. The molecule has 1 amide bonds. The van der Waals surface area contributed by atoms with E-state index in [0.717, 1.165) is 0 Å². The van der Waals surface area contributed by atoms with Crippen molar-refractivity contribution in [2.45, 2.75) is 0 Å². The lowest BCUT2D eigenvalue weighted by molar-refractivity contribution is -0.123. The van der Waals surface area contributed by atoms with Crippen LogP contribution in [0.2, 0.25) is 0 Å². The van der Waals surface area contributed by atoms with Crippen LogP contribution in [0.25, 0.3) is 6.08 Å². The summed E-state index contributed by atoms with van der Waals surface area (Å²) in [4.78, 5) is 11.6. The van der Waals surface area contributed by atoms with E-state index in [4.69, 9.17) is 4.74 Å². The summed E-state index contributed by atoms with van der Waals surface area (Å²) < 4.78 is 18.1. The van der Waals surface area contributed by atoms with E-state index >= 15 is 0 Å².